The van der Waals surface area contributed by atoms with Crippen LogP contribution in [0.2, 0.25) is 5.02 Å². The van der Waals surface area contributed by atoms with Gasteiger partial charge in [-0.1, -0.05) is 11.6 Å². The van der Waals surface area contributed by atoms with Crippen LogP contribution in [0.25, 0.3) is 0 Å². The first-order valence-corrected chi connectivity index (χ1v) is 12.6. The van der Waals surface area contributed by atoms with Crippen molar-refractivity contribution in [2.75, 3.05) is 31.5 Å². The van der Waals surface area contributed by atoms with E-state index in [1.165, 1.54) is 25.0 Å². The van der Waals surface area contributed by atoms with Crippen molar-refractivity contribution in [2.45, 2.75) is 30.4 Å². The van der Waals surface area contributed by atoms with Crippen LogP contribution in [0, 0.1) is 6.92 Å². The summed E-state index contributed by atoms with van der Waals surface area (Å²) in [6.45, 7) is 5.47. The van der Waals surface area contributed by atoms with Crippen molar-refractivity contribution in [3.05, 3.63) is 46.0 Å². The zero-order chi connectivity index (χ0) is 23.8. The third kappa shape index (κ3) is 5.07. The monoisotopic (exact) mass is 491 g/mol. The number of aryl methyl sites for hydroxylation is 1. The fourth-order valence-electron chi connectivity index (χ4n) is 4.13. The summed E-state index contributed by atoms with van der Waals surface area (Å²) < 4.78 is 32.6. The Kier molecular flexibility index (Phi) is 6.51. The number of hydrogen-bond donors (Lipinski definition) is 3. The molecule has 1 fully saturated rings. The van der Waals surface area contributed by atoms with Gasteiger partial charge in [0.15, 0.2) is 15.8 Å². The van der Waals surface area contributed by atoms with Gasteiger partial charge in [0, 0.05) is 29.9 Å². The third-order valence-corrected chi connectivity index (χ3v) is 7.62. The number of guanidine groups is 1. The molecule has 9 nitrogen and oxygen atoms in total. The number of nitrogens with zero attached hydrogens (tertiary/aromatic N) is 2. The summed E-state index contributed by atoms with van der Waals surface area (Å²) >= 11 is 6.51. The molecule has 0 saturated carbocycles. The Bertz CT molecular complexity index is 1240. The van der Waals surface area contributed by atoms with Gasteiger partial charge in [-0.25, -0.2) is 8.42 Å². The molecule has 5 N–H and O–H groups in total. The summed E-state index contributed by atoms with van der Waals surface area (Å²) in [5, 5.41) is 3.63. The number of likely N-dealkylation sites (tertiary alicyclic amines) is 1. The first-order valence-electron chi connectivity index (χ1n) is 10.6. The lowest BCUT2D eigenvalue weighted by molar-refractivity contribution is 0.100. The number of nitrogens with two attached hydrogens (primary N) is 2. The number of halogens is 1. The van der Waals surface area contributed by atoms with E-state index >= 15 is 0 Å². The van der Waals surface area contributed by atoms with Crippen molar-refractivity contribution in [1.29, 1.82) is 0 Å². The van der Waals surface area contributed by atoms with Crippen LogP contribution in [0.5, 0.6) is 11.5 Å². The number of anilines is 1. The number of amides is 1. The predicted octanol–water partition coefficient (Wildman–Crippen LogP) is 2.65. The van der Waals surface area contributed by atoms with E-state index in [-0.39, 0.29) is 27.7 Å². The van der Waals surface area contributed by atoms with Gasteiger partial charge in [0.2, 0.25) is 0 Å². The topological polar surface area (TPSA) is 140 Å². The van der Waals surface area contributed by atoms with E-state index in [0.717, 1.165) is 31.9 Å². The molecule has 11 heteroatoms. The molecule has 2 aliphatic heterocycles. The maximum absolute atomic E-state index is 13.3. The van der Waals surface area contributed by atoms with Crippen molar-refractivity contribution in [1.82, 2.24) is 4.90 Å². The number of carbonyl (C=O) groups excluding carboxylic acids is 1. The first-order chi connectivity index (χ1) is 15.6. The summed E-state index contributed by atoms with van der Waals surface area (Å²) in [7, 11) is -3.85. The van der Waals surface area contributed by atoms with E-state index in [1.807, 2.05) is 0 Å². The molecule has 0 aliphatic carbocycles. The van der Waals surface area contributed by atoms with Crippen LogP contribution >= 0.6 is 11.6 Å². The average Bonchev–Trinajstić information content (AvgIpc) is 3.20. The summed E-state index contributed by atoms with van der Waals surface area (Å²) in [5.74, 6) is -1.05. The molecule has 0 unspecified atom stereocenters. The Morgan fingerprint density at radius 3 is 2.61 bits per heavy atom. The van der Waals surface area contributed by atoms with E-state index in [1.54, 1.807) is 19.1 Å². The van der Waals surface area contributed by atoms with Crippen LogP contribution in [0.4, 0.5) is 5.69 Å². The standard InChI is InChI=1S/C22H26ClN5O4S/c1-13-8-14(21(29)27-22(24)25)10-18-19(13)32-20-15(12-33(18,30)31)9-16(11-17(20)23)26-4-7-28-5-2-3-6-28/h8-11,26H,2-7,12H2,1H3,(H4,24,25,27,29). The van der Waals surface area contributed by atoms with Crippen molar-refractivity contribution in [3.63, 3.8) is 0 Å². The highest BCUT2D eigenvalue weighted by atomic mass is 35.5. The Morgan fingerprint density at radius 1 is 1.18 bits per heavy atom. The predicted molar refractivity (Wildman–Crippen MR) is 128 cm³/mol. The fourth-order valence-corrected chi connectivity index (χ4v) is 5.98. The molecule has 1 saturated heterocycles. The molecule has 0 aromatic heterocycles. The second kappa shape index (κ2) is 9.20. The van der Waals surface area contributed by atoms with Crippen LogP contribution in [0.3, 0.4) is 0 Å². The van der Waals surface area contributed by atoms with Gasteiger partial charge in [-0.15, -0.1) is 0 Å². The van der Waals surface area contributed by atoms with Crippen molar-refractivity contribution >= 4 is 39.0 Å². The minimum atomic E-state index is -3.85. The Hall–Kier alpha value is -2.82. The summed E-state index contributed by atoms with van der Waals surface area (Å²) in [6.07, 6.45) is 2.44. The maximum atomic E-state index is 13.3. The van der Waals surface area contributed by atoms with E-state index < -0.39 is 21.7 Å². The Balaban J connectivity index is 1.65. The fraction of sp³-hybridized carbons (Fsp3) is 0.364. The van der Waals surface area contributed by atoms with Crippen LogP contribution in [-0.4, -0.2) is 51.4 Å². The number of benzene rings is 2. The van der Waals surface area contributed by atoms with Gasteiger partial charge in [0.1, 0.15) is 16.4 Å². The normalized spacial score (nSPS) is 16.8. The van der Waals surface area contributed by atoms with Crippen molar-refractivity contribution in [3.8, 4) is 11.5 Å². The average molecular weight is 492 g/mol. The highest BCUT2D eigenvalue weighted by Crippen LogP contribution is 2.44. The van der Waals surface area contributed by atoms with Gasteiger partial charge in [0.25, 0.3) is 5.91 Å². The molecule has 33 heavy (non-hydrogen) atoms. The summed E-state index contributed by atoms with van der Waals surface area (Å²) in [4.78, 5) is 18.1. The lowest BCUT2D eigenvalue weighted by Gasteiger charge is -2.17. The van der Waals surface area contributed by atoms with Gasteiger partial charge < -0.3 is 26.4 Å². The van der Waals surface area contributed by atoms with E-state index in [2.05, 4.69) is 15.2 Å². The number of carbonyl (C=O) groups is 1. The second-order valence-electron chi connectivity index (χ2n) is 8.25. The second-order valence-corrected chi connectivity index (χ2v) is 10.6. The van der Waals surface area contributed by atoms with Crippen LogP contribution in [0.15, 0.2) is 34.2 Å². The molecule has 2 aromatic carbocycles. The lowest BCUT2D eigenvalue weighted by atomic mass is 10.1. The molecule has 0 atom stereocenters. The van der Waals surface area contributed by atoms with Crippen LogP contribution in [-0.2, 0) is 15.6 Å². The zero-order valence-corrected chi connectivity index (χ0v) is 19.8. The van der Waals surface area contributed by atoms with E-state index in [9.17, 15) is 13.2 Å². The summed E-state index contributed by atoms with van der Waals surface area (Å²) in [5.41, 5.74) is 12.2. The molecule has 0 bridgehead atoms. The smallest absolute Gasteiger partial charge is 0.280 e. The van der Waals surface area contributed by atoms with E-state index in [4.69, 9.17) is 27.8 Å². The molecular weight excluding hydrogens is 466 g/mol. The quantitative estimate of drug-likeness (QED) is 0.428. The summed E-state index contributed by atoms with van der Waals surface area (Å²) in [6, 6.07) is 6.20. The zero-order valence-electron chi connectivity index (χ0n) is 18.2. The van der Waals surface area contributed by atoms with Gasteiger partial charge in [-0.2, -0.15) is 4.99 Å². The molecule has 2 aromatic rings. The van der Waals surface area contributed by atoms with Gasteiger partial charge in [0.05, 0.1) is 10.8 Å². The molecule has 2 aliphatic rings. The Morgan fingerprint density at radius 2 is 1.91 bits per heavy atom. The molecule has 1 amide bonds. The number of rotatable bonds is 5. The highest BCUT2D eigenvalue weighted by molar-refractivity contribution is 7.90. The van der Waals surface area contributed by atoms with Crippen LogP contribution in [0.1, 0.15) is 34.3 Å². The minimum absolute atomic E-state index is 0.0492. The minimum Gasteiger partial charge on any atom is -0.454 e. The number of sulfone groups is 1. The highest BCUT2D eigenvalue weighted by Gasteiger charge is 2.31. The molecule has 176 valence electrons. The van der Waals surface area contributed by atoms with E-state index in [0.29, 0.717) is 16.1 Å². The SMILES string of the molecule is Cc1cc(C(=O)N=C(N)N)cc2c1Oc1c(Cl)cc(NCCN3CCCC3)cc1CS2(=O)=O. The molecule has 4 rings (SSSR count). The maximum Gasteiger partial charge on any atom is 0.280 e. The van der Waals surface area contributed by atoms with Gasteiger partial charge in [-0.3, -0.25) is 4.79 Å². The number of ether oxygens (including phenoxy) is 1. The molecule has 0 radical (unpaired) electrons. The van der Waals surface area contributed by atoms with Crippen LogP contribution < -0.4 is 21.5 Å². The van der Waals surface area contributed by atoms with Gasteiger partial charge in [-0.05, 0) is 62.7 Å². The first kappa shape index (κ1) is 23.3. The number of hydrogen-bond acceptors (Lipinski definition) is 6. The third-order valence-electron chi connectivity index (χ3n) is 5.68. The van der Waals surface area contributed by atoms with Crippen molar-refractivity contribution < 1.29 is 17.9 Å². The largest absolute Gasteiger partial charge is 0.454 e. The number of fused-ring (bicyclic) bond motifs is 2. The number of aliphatic imine (C=N–C) groups is 1. The van der Waals surface area contributed by atoms with Gasteiger partial charge >= 0.3 is 0 Å². The molecule has 0 spiro atoms. The number of nitrogens with one attached hydrogen (secondary N) is 1. The van der Waals surface area contributed by atoms with Crippen molar-refractivity contribution in [2.24, 2.45) is 16.5 Å². The lowest BCUT2D eigenvalue weighted by Crippen LogP contribution is -2.25. The molecular formula is C22H26ClN5O4S. The molecule has 2 heterocycles. The Labute approximate surface area is 197 Å².